The summed E-state index contributed by atoms with van der Waals surface area (Å²) in [5.41, 5.74) is 0.752. The monoisotopic (exact) mass is 339 g/mol. The zero-order chi connectivity index (χ0) is 14.5. The Labute approximate surface area is 127 Å². The second-order valence-electron chi connectivity index (χ2n) is 4.75. The molecule has 0 fully saturated rings. The van der Waals surface area contributed by atoms with E-state index in [1.54, 1.807) is 6.07 Å². The standard InChI is InChI=1S/C16H19BrFNO/c1-3-9-19-14(4-2)16-8-7-15(20-16)11-5-6-12(17)13(18)10-11/h5-8,10,14,19H,3-4,9H2,1-2H3. The zero-order valence-corrected chi connectivity index (χ0v) is 13.3. The molecule has 20 heavy (non-hydrogen) atoms. The van der Waals surface area contributed by atoms with Crippen molar-refractivity contribution in [1.82, 2.24) is 5.32 Å². The van der Waals surface area contributed by atoms with E-state index in [-0.39, 0.29) is 11.9 Å². The van der Waals surface area contributed by atoms with Crippen LogP contribution in [0.5, 0.6) is 0 Å². The summed E-state index contributed by atoms with van der Waals surface area (Å²) < 4.78 is 19.9. The van der Waals surface area contributed by atoms with E-state index in [1.165, 1.54) is 6.07 Å². The summed E-state index contributed by atoms with van der Waals surface area (Å²) in [6, 6.07) is 9.09. The first-order valence-corrected chi connectivity index (χ1v) is 7.73. The van der Waals surface area contributed by atoms with Crippen LogP contribution in [0.3, 0.4) is 0 Å². The first-order valence-electron chi connectivity index (χ1n) is 6.94. The van der Waals surface area contributed by atoms with Gasteiger partial charge in [0, 0.05) is 5.56 Å². The minimum atomic E-state index is -0.281. The molecule has 0 bridgehead atoms. The van der Waals surface area contributed by atoms with Crippen LogP contribution in [-0.2, 0) is 0 Å². The summed E-state index contributed by atoms with van der Waals surface area (Å²) >= 11 is 3.15. The molecule has 0 aliphatic heterocycles. The van der Waals surface area contributed by atoms with E-state index in [0.717, 1.165) is 30.7 Å². The lowest BCUT2D eigenvalue weighted by Gasteiger charge is -2.13. The van der Waals surface area contributed by atoms with E-state index in [0.29, 0.717) is 10.2 Å². The summed E-state index contributed by atoms with van der Waals surface area (Å²) in [5.74, 6) is 1.32. The molecule has 0 aliphatic rings. The smallest absolute Gasteiger partial charge is 0.138 e. The first kappa shape index (κ1) is 15.3. The van der Waals surface area contributed by atoms with Gasteiger partial charge in [-0.2, -0.15) is 0 Å². The molecule has 1 atom stereocenters. The Hall–Kier alpha value is -1.13. The van der Waals surface area contributed by atoms with Gasteiger partial charge in [0.1, 0.15) is 17.3 Å². The summed E-state index contributed by atoms with van der Waals surface area (Å²) in [6.45, 7) is 5.22. The van der Waals surface area contributed by atoms with Crippen molar-refractivity contribution >= 4 is 15.9 Å². The molecule has 1 heterocycles. The van der Waals surface area contributed by atoms with Crippen LogP contribution in [0, 0.1) is 5.82 Å². The molecule has 0 saturated carbocycles. The minimum Gasteiger partial charge on any atom is -0.459 e. The average molecular weight is 340 g/mol. The highest BCUT2D eigenvalue weighted by molar-refractivity contribution is 9.10. The Kier molecular flexibility index (Phi) is 5.38. The molecule has 2 nitrogen and oxygen atoms in total. The zero-order valence-electron chi connectivity index (χ0n) is 11.7. The summed E-state index contributed by atoms with van der Waals surface area (Å²) in [6.07, 6.45) is 2.05. The SMILES string of the molecule is CCCNC(CC)c1ccc(-c2ccc(Br)c(F)c2)o1. The summed E-state index contributed by atoms with van der Waals surface area (Å²) in [5, 5.41) is 3.45. The Morgan fingerprint density at radius 2 is 2.05 bits per heavy atom. The van der Waals surface area contributed by atoms with Crippen LogP contribution in [0.25, 0.3) is 11.3 Å². The quantitative estimate of drug-likeness (QED) is 0.772. The predicted molar refractivity (Wildman–Crippen MR) is 83.1 cm³/mol. The average Bonchev–Trinajstić information content (AvgIpc) is 2.92. The van der Waals surface area contributed by atoms with Gasteiger partial charge < -0.3 is 9.73 Å². The predicted octanol–water partition coefficient (Wildman–Crippen LogP) is 5.30. The van der Waals surface area contributed by atoms with Gasteiger partial charge in [-0.15, -0.1) is 0 Å². The largest absolute Gasteiger partial charge is 0.459 e. The van der Waals surface area contributed by atoms with Crippen LogP contribution in [0.2, 0.25) is 0 Å². The molecule has 0 aliphatic carbocycles. The lowest BCUT2D eigenvalue weighted by Crippen LogP contribution is -2.20. The number of halogens is 2. The lowest BCUT2D eigenvalue weighted by atomic mass is 10.1. The van der Waals surface area contributed by atoms with E-state index >= 15 is 0 Å². The normalized spacial score (nSPS) is 12.6. The Bertz CT molecular complexity index is 567. The Morgan fingerprint density at radius 3 is 2.70 bits per heavy atom. The summed E-state index contributed by atoms with van der Waals surface area (Å²) in [4.78, 5) is 0. The maximum absolute atomic E-state index is 13.6. The van der Waals surface area contributed by atoms with E-state index in [2.05, 4.69) is 35.1 Å². The second kappa shape index (κ2) is 7.04. The first-order chi connectivity index (χ1) is 9.65. The maximum Gasteiger partial charge on any atom is 0.138 e. The van der Waals surface area contributed by atoms with Crippen molar-refractivity contribution in [3.05, 3.63) is 46.4 Å². The van der Waals surface area contributed by atoms with Crippen LogP contribution in [0.1, 0.15) is 38.5 Å². The van der Waals surface area contributed by atoms with Crippen molar-refractivity contribution in [3.63, 3.8) is 0 Å². The van der Waals surface area contributed by atoms with Gasteiger partial charge in [-0.25, -0.2) is 4.39 Å². The molecule has 108 valence electrons. The van der Waals surface area contributed by atoms with E-state index in [1.807, 2.05) is 18.2 Å². The van der Waals surface area contributed by atoms with Crippen LogP contribution in [0.4, 0.5) is 4.39 Å². The highest BCUT2D eigenvalue weighted by atomic mass is 79.9. The molecule has 1 unspecified atom stereocenters. The fourth-order valence-corrected chi connectivity index (χ4v) is 2.36. The van der Waals surface area contributed by atoms with E-state index in [9.17, 15) is 4.39 Å². The molecule has 0 radical (unpaired) electrons. The second-order valence-corrected chi connectivity index (χ2v) is 5.60. The van der Waals surface area contributed by atoms with Crippen LogP contribution in [0.15, 0.2) is 39.2 Å². The van der Waals surface area contributed by atoms with Gasteiger partial charge in [0.15, 0.2) is 0 Å². The molecule has 1 aromatic carbocycles. The van der Waals surface area contributed by atoms with E-state index in [4.69, 9.17) is 4.42 Å². The number of rotatable bonds is 6. The van der Waals surface area contributed by atoms with Crippen molar-refractivity contribution in [2.24, 2.45) is 0 Å². The van der Waals surface area contributed by atoms with Gasteiger partial charge >= 0.3 is 0 Å². The van der Waals surface area contributed by atoms with Crippen molar-refractivity contribution in [2.75, 3.05) is 6.54 Å². The van der Waals surface area contributed by atoms with Gasteiger partial charge in [-0.05, 0) is 65.6 Å². The molecule has 0 amide bonds. The molecule has 2 aromatic rings. The molecule has 0 saturated heterocycles. The molecule has 2 rings (SSSR count). The van der Waals surface area contributed by atoms with Gasteiger partial charge in [0.2, 0.25) is 0 Å². The number of furan rings is 1. The van der Waals surface area contributed by atoms with Crippen LogP contribution < -0.4 is 5.32 Å². The highest BCUT2D eigenvalue weighted by Gasteiger charge is 2.14. The van der Waals surface area contributed by atoms with Gasteiger partial charge in [-0.3, -0.25) is 0 Å². The van der Waals surface area contributed by atoms with Crippen molar-refractivity contribution in [2.45, 2.75) is 32.7 Å². The van der Waals surface area contributed by atoms with Crippen LogP contribution >= 0.6 is 15.9 Å². The number of hydrogen-bond acceptors (Lipinski definition) is 2. The van der Waals surface area contributed by atoms with Crippen molar-refractivity contribution in [1.29, 1.82) is 0 Å². The number of hydrogen-bond donors (Lipinski definition) is 1. The molecular formula is C16H19BrFNO. The third-order valence-corrected chi connectivity index (χ3v) is 3.87. The maximum atomic E-state index is 13.6. The summed E-state index contributed by atoms with van der Waals surface area (Å²) in [7, 11) is 0. The third-order valence-electron chi connectivity index (χ3n) is 3.22. The fraction of sp³-hybridized carbons (Fsp3) is 0.375. The van der Waals surface area contributed by atoms with Crippen LogP contribution in [-0.4, -0.2) is 6.54 Å². The molecule has 1 aromatic heterocycles. The van der Waals surface area contributed by atoms with Crippen molar-refractivity contribution < 1.29 is 8.81 Å². The highest BCUT2D eigenvalue weighted by Crippen LogP contribution is 2.29. The topological polar surface area (TPSA) is 25.2 Å². The van der Waals surface area contributed by atoms with Gasteiger partial charge in [0.25, 0.3) is 0 Å². The van der Waals surface area contributed by atoms with E-state index < -0.39 is 0 Å². The Balaban J connectivity index is 2.20. The lowest BCUT2D eigenvalue weighted by molar-refractivity contribution is 0.411. The Morgan fingerprint density at radius 1 is 1.25 bits per heavy atom. The molecular weight excluding hydrogens is 321 g/mol. The number of nitrogens with one attached hydrogen (secondary N) is 1. The van der Waals surface area contributed by atoms with Gasteiger partial charge in [0.05, 0.1) is 10.5 Å². The van der Waals surface area contributed by atoms with Crippen molar-refractivity contribution in [3.8, 4) is 11.3 Å². The molecule has 1 N–H and O–H groups in total. The molecule has 0 spiro atoms. The third kappa shape index (κ3) is 3.49. The molecule has 4 heteroatoms. The number of benzene rings is 1. The minimum absolute atomic E-state index is 0.212. The fourth-order valence-electron chi connectivity index (χ4n) is 2.11. The van der Waals surface area contributed by atoms with Gasteiger partial charge in [-0.1, -0.05) is 13.8 Å².